The minimum atomic E-state index is -0.0390. The van der Waals surface area contributed by atoms with Crippen LogP contribution in [0.15, 0.2) is 16.7 Å². The number of anilines is 1. The fraction of sp³-hybridized carbons (Fsp3) is 0.583. The first-order valence-corrected chi connectivity index (χ1v) is 6.38. The van der Waals surface area contributed by atoms with Gasteiger partial charge in [0.25, 0.3) is 0 Å². The molecular formula is C12H18BrN3. The smallest absolute Gasteiger partial charge is 0.128 e. The van der Waals surface area contributed by atoms with Crippen LogP contribution in [0.1, 0.15) is 19.4 Å². The normalized spacial score (nSPS) is 18.8. The van der Waals surface area contributed by atoms with Crippen molar-refractivity contribution in [1.82, 2.24) is 4.98 Å². The van der Waals surface area contributed by atoms with Crippen molar-refractivity contribution < 1.29 is 0 Å². The van der Waals surface area contributed by atoms with Crippen LogP contribution in [0.4, 0.5) is 5.82 Å². The Hall–Kier alpha value is -0.610. The maximum atomic E-state index is 6.26. The molecule has 0 saturated carbocycles. The number of rotatable bonds is 2. The second kappa shape index (κ2) is 4.00. The Kier molecular flexibility index (Phi) is 2.97. The fourth-order valence-corrected chi connectivity index (χ4v) is 2.11. The number of nitrogens with two attached hydrogens (primary N) is 1. The van der Waals surface area contributed by atoms with Gasteiger partial charge in [-0.1, -0.05) is 13.8 Å². The average Bonchev–Trinajstić information content (AvgIpc) is 2.17. The van der Waals surface area contributed by atoms with E-state index < -0.39 is 0 Å². The minimum absolute atomic E-state index is 0.0390. The molecule has 0 aliphatic carbocycles. The Bertz CT molecular complexity index is 397. The molecule has 0 spiro atoms. The lowest BCUT2D eigenvalue weighted by Crippen LogP contribution is -2.70. The van der Waals surface area contributed by atoms with Crippen LogP contribution < -0.4 is 10.6 Å². The van der Waals surface area contributed by atoms with Gasteiger partial charge in [-0.3, -0.25) is 0 Å². The van der Waals surface area contributed by atoms with Gasteiger partial charge in [-0.2, -0.15) is 0 Å². The van der Waals surface area contributed by atoms with Gasteiger partial charge in [0.1, 0.15) is 5.82 Å². The van der Waals surface area contributed by atoms with Gasteiger partial charge in [-0.15, -0.1) is 0 Å². The Labute approximate surface area is 105 Å². The van der Waals surface area contributed by atoms with Gasteiger partial charge in [-0.05, 0) is 40.4 Å². The third kappa shape index (κ3) is 1.96. The summed E-state index contributed by atoms with van der Waals surface area (Å²) in [7, 11) is 0. The monoisotopic (exact) mass is 283 g/mol. The molecule has 1 aliphatic heterocycles. The third-order valence-corrected chi connectivity index (χ3v) is 4.31. The second-order valence-corrected chi connectivity index (χ2v) is 5.89. The molecule has 0 atom stereocenters. The van der Waals surface area contributed by atoms with E-state index in [0.717, 1.165) is 23.4 Å². The molecule has 1 aromatic heterocycles. The van der Waals surface area contributed by atoms with E-state index >= 15 is 0 Å². The molecule has 4 heteroatoms. The Morgan fingerprint density at radius 2 is 2.12 bits per heavy atom. The molecule has 1 aromatic rings. The van der Waals surface area contributed by atoms with Crippen molar-refractivity contribution in [3.05, 3.63) is 22.3 Å². The summed E-state index contributed by atoms with van der Waals surface area (Å²) >= 11 is 3.46. The van der Waals surface area contributed by atoms with Crippen LogP contribution >= 0.6 is 15.9 Å². The van der Waals surface area contributed by atoms with Crippen molar-refractivity contribution in [1.29, 1.82) is 0 Å². The number of nitrogens with zero attached hydrogens (tertiary/aromatic N) is 2. The number of aromatic nitrogens is 1. The first-order chi connectivity index (χ1) is 7.42. The standard InChI is InChI=1S/C12H18BrN3/c1-8(2)12(14)6-16(7-12)11-4-9(3)10(13)5-15-11/h4-5,8H,6-7,14H2,1-3H3. The molecule has 0 radical (unpaired) electrons. The molecule has 1 saturated heterocycles. The molecule has 88 valence electrons. The number of aryl methyl sites for hydroxylation is 1. The summed E-state index contributed by atoms with van der Waals surface area (Å²) in [5.74, 6) is 1.54. The van der Waals surface area contributed by atoms with Crippen LogP contribution in [0.25, 0.3) is 0 Å². The largest absolute Gasteiger partial charge is 0.353 e. The molecule has 16 heavy (non-hydrogen) atoms. The Morgan fingerprint density at radius 3 is 2.62 bits per heavy atom. The maximum Gasteiger partial charge on any atom is 0.128 e. The summed E-state index contributed by atoms with van der Waals surface area (Å²) in [6.07, 6.45) is 1.86. The van der Waals surface area contributed by atoms with Crippen molar-refractivity contribution in [2.24, 2.45) is 11.7 Å². The summed E-state index contributed by atoms with van der Waals surface area (Å²) in [5, 5.41) is 0. The summed E-state index contributed by atoms with van der Waals surface area (Å²) < 4.78 is 1.06. The highest BCUT2D eigenvalue weighted by atomic mass is 79.9. The first kappa shape index (κ1) is 11.9. The van der Waals surface area contributed by atoms with E-state index in [1.54, 1.807) is 0 Å². The molecule has 0 unspecified atom stereocenters. The van der Waals surface area contributed by atoms with E-state index in [0.29, 0.717) is 5.92 Å². The van der Waals surface area contributed by atoms with E-state index in [9.17, 15) is 0 Å². The third-order valence-electron chi connectivity index (χ3n) is 3.48. The van der Waals surface area contributed by atoms with Crippen molar-refractivity contribution in [3.8, 4) is 0 Å². The van der Waals surface area contributed by atoms with Gasteiger partial charge in [0.05, 0.1) is 5.54 Å². The first-order valence-electron chi connectivity index (χ1n) is 5.58. The van der Waals surface area contributed by atoms with Gasteiger partial charge in [0.2, 0.25) is 0 Å². The Balaban J connectivity index is 2.09. The van der Waals surface area contributed by atoms with Gasteiger partial charge in [0.15, 0.2) is 0 Å². The topological polar surface area (TPSA) is 42.1 Å². The molecule has 2 rings (SSSR count). The minimum Gasteiger partial charge on any atom is -0.353 e. The zero-order valence-electron chi connectivity index (χ0n) is 10.00. The molecule has 1 aliphatic rings. The lowest BCUT2D eigenvalue weighted by atomic mass is 9.80. The fourth-order valence-electron chi connectivity index (χ4n) is 1.89. The number of hydrogen-bond donors (Lipinski definition) is 1. The van der Waals surface area contributed by atoms with E-state index in [1.165, 1.54) is 5.56 Å². The van der Waals surface area contributed by atoms with E-state index in [1.807, 2.05) is 6.20 Å². The number of hydrogen-bond acceptors (Lipinski definition) is 3. The predicted octanol–water partition coefficient (Wildman–Crippen LogP) is 2.33. The second-order valence-electron chi connectivity index (χ2n) is 5.04. The highest BCUT2D eigenvalue weighted by Gasteiger charge is 2.42. The molecule has 2 N–H and O–H groups in total. The van der Waals surface area contributed by atoms with Gasteiger partial charge in [0, 0.05) is 23.8 Å². The number of halogens is 1. The maximum absolute atomic E-state index is 6.26. The van der Waals surface area contributed by atoms with Crippen LogP contribution in [0.5, 0.6) is 0 Å². The highest BCUT2D eigenvalue weighted by Crippen LogP contribution is 2.31. The summed E-state index contributed by atoms with van der Waals surface area (Å²) in [4.78, 5) is 6.65. The van der Waals surface area contributed by atoms with Crippen LogP contribution in [-0.4, -0.2) is 23.6 Å². The van der Waals surface area contributed by atoms with Crippen LogP contribution in [-0.2, 0) is 0 Å². The van der Waals surface area contributed by atoms with E-state index in [-0.39, 0.29) is 5.54 Å². The predicted molar refractivity (Wildman–Crippen MR) is 70.6 cm³/mol. The molecular weight excluding hydrogens is 266 g/mol. The average molecular weight is 284 g/mol. The van der Waals surface area contributed by atoms with Crippen molar-refractivity contribution in [3.63, 3.8) is 0 Å². The summed E-state index contributed by atoms with van der Waals surface area (Å²) in [6, 6.07) is 2.10. The van der Waals surface area contributed by atoms with Crippen LogP contribution in [0.2, 0.25) is 0 Å². The Morgan fingerprint density at radius 1 is 1.50 bits per heavy atom. The lowest BCUT2D eigenvalue weighted by Gasteiger charge is -2.51. The van der Waals surface area contributed by atoms with E-state index in [2.05, 4.69) is 52.7 Å². The van der Waals surface area contributed by atoms with Gasteiger partial charge >= 0.3 is 0 Å². The van der Waals surface area contributed by atoms with Crippen LogP contribution in [0, 0.1) is 12.8 Å². The summed E-state index contributed by atoms with van der Waals surface area (Å²) in [5.41, 5.74) is 7.44. The zero-order valence-corrected chi connectivity index (χ0v) is 11.6. The number of pyridine rings is 1. The molecule has 0 amide bonds. The van der Waals surface area contributed by atoms with E-state index in [4.69, 9.17) is 5.73 Å². The molecule has 1 fully saturated rings. The van der Waals surface area contributed by atoms with Gasteiger partial charge in [-0.25, -0.2) is 4.98 Å². The zero-order chi connectivity index (χ0) is 11.9. The van der Waals surface area contributed by atoms with Gasteiger partial charge < -0.3 is 10.6 Å². The SMILES string of the molecule is Cc1cc(N2CC(N)(C(C)C)C2)ncc1Br. The molecule has 3 nitrogen and oxygen atoms in total. The van der Waals surface area contributed by atoms with Crippen LogP contribution in [0.3, 0.4) is 0 Å². The quantitative estimate of drug-likeness (QED) is 0.906. The lowest BCUT2D eigenvalue weighted by molar-refractivity contribution is 0.243. The van der Waals surface area contributed by atoms with Crippen molar-refractivity contribution in [2.45, 2.75) is 26.3 Å². The summed E-state index contributed by atoms with van der Waals surface area (Å²) in [6.45, 7) is 8.24. The molecule has 0 bridgehead atoms. The molecule has 2 heterocycles. The van der Waals surface area contributed by atoms with Crippen molar-refractivity contribution in [2.75, 3.05) is 18.0 Å². The molecule has 0 aromatic carbocycles. The van der Waals surface area contributed by atoms with Crippen molar-refractivity contribution >= 4 is 21.7 Å². The highest BCUT2D eigenvalue weighted by molar-refractivity contribution is 9.10.